The number of carbonyl (C=O) groups is 1. The van der Waals surface area contributed by atoms with Gasteiger partial charge in [-0.05, 0) is 31.2 Å². The van der Waals surface area contributed by atoms with Crippen molar-refractivity contribution in [3.63, 3.8) is 0 Å². The normalized spacial score (nSPS) is 11.0. The van der Waals surface area contributed by atoms with Gasteiger partial charge in [0, 0.05) is 21.2 Å². The molecule has 1 heterocycles. The van der Waals surface area contributed by atoms with Crippen LogP contribution in [0.2, 0.25) is 0 Å². The number of rotatable bonds is 5. The summed E-state index contributed by atoms with van der Waals surface area (Å²) in [5.41, 5.74) is 3.10. The first kappa shape index (κ1) is 18.5. The van der Waals surface area contributed by atoms with Crippen LogP contribution in [0.5, 0.6) is 0 Å². The predicted octanol–water partition coefficient (Wildman–Crippen LogP) is 3.81. The van der Waals surface area contributed by atoms with Gasteiger partial charge in [-0.3, -0.25) is 14.5 Å². The second-order valence-corrected chi connectivity index (χ2v) is 7.71. The summed E-state index contributed by atoms with van der Waals surface area (Å²) in [5.74, 6) is -0.344. The molecule has 0 atom stereocenters. The third-order valence-corrected chi connectivity index (χ3v) is 4.29. The first-order chi connectivity index (χ1) is 12.8. The summed E-state index contributed by atoms with van der Waals surface area (Å²) < 4.78 is 25.0. The number of benzene rings is 2. The van der Waals surface area contributed by atoms with Crippen LogP contribution in [0.15, 0.2) is 60.8 Å². The maximum absolute atomic E-state index is 12.5. The molecule has 0 saturated carbocycles. The second kappa shape index (κ2) is 7.55. The molecule has 3 aromatic rings. The van der Waals surface area contributed by atoms with Crippen molar-refractivity contribution < 1.29 is 17.5 Å². The maximum Gasteiger partial charge on any atom is 0.276 e. The van der Waals surface area contributed by atoms with Crippen LogP contribution in [0.1, 0.15) is 20.5 Å². The van der Waals surface area contributed by atoms with Crippen molar-refractivity contribution in [3.8, 4) is 11.3 Å². The molecule has 3 rings (SSSR count). The van der Waals surface area contributed by atoms with Crippen LogP contribution in [0, 0.1) is 6.92 Å². The molecule has 1 amide bonds. The number of hydrogen-bond acceptors (Lipinski definition) is 5. The molecule has 0 bridgehead atoms. The lowest BCUT2D eigenvalue weighted by molar-refractivity contribution is 0.102. The summed E-state index contributed by atoms with van der Waals surface area (Å²) in [6.07, 6.45) is 2.66. The first-order valence-electron chi connectivity index (χ1n) is 8.10. The van der Waals surface area contributed by atoms with Crippen LogP contribution in [-0.2, 0) is 10.0 Å². The molecular weight excluding hydrogens is 364 g/mol. The Morgan fingerprint density at radius 3 is 2.30 bits per heavy atom. The lowest BCUT2D eigenvalue weighted by Crippen LogP contribution is -2.16. The topological polar surface area (TPSA) is 101 Å². The van der Waals surface area contributed by atoms with Crippen LogP contribution < -0.4 is 10.0 Å². The molecule has 0 spiro atoms. The number of sulfonamides is 1. The molecule has 0 aliphatic heterocycles. The molecule has 0 saturated heterocycles. The molecule has 0 fully saturated rings. The molecular formula is C19H24N4O3S. The van der Waals surface area contributed by atoms with E-state index >= 15 is 0 Å². The third-order valence-electron chi connectivity index (χ3n) is 3.69. The highest BCUT2D eigenvalue weighted by molar-refractivity contribution is 7.92. The molecule has 0 radical (unpaired) electrons. The van der Waals surface area contributed by atoms with Crippen molar-refractivity contribution in [1.82, 2.24) is 9.97 Å². The van der Waals surface area contributed by atoms with Gasteiger partial charge in [0.05, 0.1) is 23.8 Å². The van der Waals surface area contributed by atoms with E-state index in [2.05, 4.69) is 20.0 Å². The number of aromatic nitrogens is 2. The van der Waals surface area contributed by atoms with Crippen molar-refractivity contribution in [2.75, 3.05) is 16.3 Å². The number of amides is 1. The van der Waals surface area contributed by atoms with Gasteiger partial charge in [-0.2, -0.15) is 0 Å². The molecule has 144 valence electrons. The summed E-state index contributed by atoms with van der Waals surface area (Å²) >= 11 is 0. The van der Waals surface area contributed by atoms with Gasteiger partial charge in [-0.1, -0.05) is 30.3 Å². The van der Waals surface area contributed by atoms with Crippen LogP contribution in [-0.4, -0.2) is 30.5 Å². The fourth-order valence-corrected chi connectivity index (χ4v) is 3.00. The van der Waals surface area contributed by atoms with Gasteiger partial charge in [0.25, 0.3) is 5.91 Å². The van der Waals surface area contributed by atoms with Crippen molar-refractivity contribution in [2.45, 2.75) is 6.92 Å². The average molecular weight is 388 g/mol. The lowest BCUT2D eigenvalue weighted by atomic mass is 10.1. The molecule has 2 N–H and O–H groups in total. The van der Waals surface area contributed by atoms with Gasteiger partial charge < -0.3 is 5.32 Å². The average Bonchev–Trinajstić information content (AvgIpc) is 2.62. The van der Waals surface area contributed by atoms with Gasteiger partial charge in [-0.25, -0.2) is 13.4 Å². The molecule has 0 unspecified atom stereocenters. The number of nitrogens with zero attached hydrogens (tertiary/aromatic N) is 2. The van der Waals surface area contributed by atoms with E-state index in [1.54, 1.807) is 49.5 Å². The first-order valence-corrected chi connectivity index (χ1v) is 9.99. The van der Waals surface area contributed by atoms with E-state index in [1.807, 2.05) is 18.2 Å². The molecule has 2 aromatic carbocycles. The number of para-hydroxylation sites is 1. The fourth-order valence-electron chi connectivity index (χ4n) is 2.44. The minimum Gasteiger partial charge on any atom is -0.321 e. The van der Waals surface area contributed by atoms with Crippen molar-refractivity contribution >= 4 is 27.3 Å². The predicted molar refractivity (Wildman–Crippen MR) is 111 cm³/mol. The lowest BCUT2D eigenvalue weighted by Gasteiger charge is -2.09. The Balaban J connectivity index is 0.00000280. The van der Waals surface area contributed by atoms with Crippen molar-refractivity contribution in [1.29, 1.82) is 0 Å². The Bertz CT molecular complexity index is 1080. The van der Waals surface area contributed by atoms with E-state index in [1.165, 1.54) is 0 Å². The fraction of sp³-hybridized carbons (Fsp3) is 0.105. The minimum atomic E-state index is -3.34. The molecule has 0 aliphatic carbocycles. The number of nitrogens with one attached hydrogen (secondary N) is 2. The quantitative estimate of drug-likeness (QED) is 0.692. The summed E-state index contributed by atoms with van der Waals surface area (Å²) in [5, 5.41) is 2.79. The zero-order valence-electron chi connectivity index (χ0n) is 14.8. The minimum absolute atomic E-state index is 0. The number of carbonyl (C=O) groups excluding carboxylic acids is 1. The standard InChI is InChI=1S/C19H18N4O3S.3H2/c1-13-18(19(24)21-15-6-4-3-5-7-15)22-17(12-20-13)14-8-10-16(11-9-14)23-27(2,25)26;;;/h3-12,23H,1-2H3,(H,21,24);3*1H. The zero-order valence-corrected chi connectivity index (χ0v) is 15.6. The Morgan fingerprint density at radius 2 is 1.67 bits per heavy atom. The highest BCUT2D eigenvalue weighted by Gasteiger charge is 2.14. The number of anilines is 2. The van der Waals surface area contributed by atoms with E-state index in [0.717, 1.165) is 11.8 Å². The van der Waals surface area contributed by atoms with Gasteiger partial charge in [0.2, 0.25) is 10.0 Å². The van der Waals surface area contributed by atoms with Crippen LogP contribution >= 0.6 is 0 Å². The largest absolute Gasteiger partial charge is 0.321 e. The Kier molecular flexibility index (Phi) is 5.18. The molecule has 0 aliphatic rings. The monoisotopic (exact) mass is 388 g/mol. The summed E-state index contributed by atoms with van der Waals surface area (Å²) in [6, 6.07) is 15.8. The maximum atomic E-state index is 12.5. The van der Waals surface area contributed by atoms with E-state index in [-0.39, 0.29) is 15.9 Å². The Morgan fingerprint density at radius 1 is 1.00 bits per heavy atom. The van der Waals surface area contributed by atoms with Crippen LogP contribution in [0.25, 0.3) is 11.3 Å². The molecule has 8 heteroatoms. The molecule has 1 aromatic heterocycles. The highest BCUT2D eigenvalue weighted by Crippen LogP contribution is 2.21. The van der Waals surface area contributed by atoms with Crippen molar-refractivity contribution in [2.24, 2.45) is 0 Å². The van der Waals surface area contributed by atoms with Gasteiger partial charge in [0.15, 0.2) is 0 Å². The number of aryl methyl sites for hydroxylation is 1. The smallest absolute Gasteiger partial charge is 0.276 e. The van der Waals surface area contributed by atoms with E-state index < -0.39 is 10.0 Å². The summed E-state index contributed by atoms with van der Waals surface area (Å²) in [7, 11) is -3.34. The van der Waals surface area contributed by atoms with Crippen LogP contribution in [0.3, 0.4) is 0 Å². The second-order valence-electron chi connectivity index (χ2n) is 5.96. The van der Waals surface area contributed by atoms with E-state index in [4.69, 9.17) is 0 Å². The summed E-state index contributed by atoms with van der Waals surface area (Å²) in [4.78, 5) is 21.2. The zero-order chi connectivity index (χ0) is 19.4. The van der Waals surface area contributed by atoms with E-state index in [9.17, 15) is 13.2 Å². The molecule has 27 heavy (non-hydrogen) atoms. The van der Waals surface area contributed by atoms with Gasteiger partial charge in [-0.15, -0.1) is 0 Å². The highest BCUT2D eigenvalue weighted by atomic mass is 32.2. The number of hydrogen-bond donors (Lipinski definition) is 2. The third kappa shape index (κ3) is 4.89. The Labute approximate surface area is 162 Å². The Hall–Kier alpha value is -3.26. The SMILES string of the molecule is Cc1ncc(-c2ccc(NS(C)(=O)=O)cc2)nc1C(=O)Nc1ccccc1.[HH].[HH].[HH]. The van der Waals surface area contributed by atoms with Gasteiger partial charge >= 0.3 is 0 Å². The van der Waals surface area contributed by atoms with Crippen molar-refractivity contribution in [3.05, 3.63) is 72.2 Å². The van der Waals surface area contributed by atoms with E-state index in [0.29, 0.717) is 22.8 Å². The van der Waals surface area contributed by atoms with Gasteiger partial charge in [0.1, 0.15) is 5.69 Å². The summed E-state index contributed by atoms with van der Waals surface area (Å²) in [6.45, 7) is 1.72. The molecule has 7 nitrogen and oxygen atoms in total. The van der Waals surface area contributed by atoms with Crippen LogP contribution in [0.4, 0.5) is 11.4 Å².